The summed E-state index contributed by atoms with van der Waals surface area (Å²) in [5, 5.41) is 12.8. The van der Waals surface area contributed by atoms with Crippen LogP contribution in [0, 0.1) is 11.3 Å². The molecule has 0 aromatic heterocycles. The minimum atomic E-state index is -3.27. The molecule has 20 heavy (non-hydrogen) atoms. The Morgan fingerprint density at radius 2 is 2.10 bits per heavy atom. The van der Waals surface area contributed by atoms with Crippen molar-refractivity contribution in [2.45, 2.75) is 16.9 Å². The average molecular weight is 293 g/mol. The molecule has 1 heterocycles. The minimum absolute atomic E-state index is 0.00649. The van der Waals surface area contributed by atoms with Gasteiger partial charge in [0.1, 0.15) is 5.54 Å². The van der Waals surface area contributed by atoms with Crippen molar-refractivity contribution in [3.63, 3.8) is 0 Å². The summed E-state index contributed by atoms with van der Waals surface area (Å²) < 4.78 is 24.2. The Labute approximate surface area is 120 Å². The number of fused-ring (bicyclic) bond motifs is 1. The van der Waals surface area contributed by atoms with E-state index in [0.717, 1.165) is 6.54 Å². The first kappa shape index (κ1) is 15.0. The van der Waals surface area contributed by atoms with Crippen LogP contribution in [0.1, 0.15) is 12.0 Å². The Hall–Kier alpha value is -1.42. The SMILES string of the molecule is CN(C)CCNC1(C#N)CCS(=O)(=O)c2ccccc21. The van der Waals surface area contributed by atoms with Crippen LogP contribution in [0.2, 0.25) is 0 Å². The number of nitrogens with one attached hydrogen (secondary N) is 1. The van der Waals surface area contributed by atoms with Gasteiger partial charge in [0.15, 0.2) is 9.84 Å². The number of nitrogens with zero attached hydrogens (tertiary/aromatic N) is 2. The summed E-state index contributed by atoms with van der Waals surface area (Å²) in [4.78, 5) is 2.30. The van der Waals surface area contributed by atoms with Crippen LogP contribution in [-0.4, -0.2) is 46.3 Å². The molecule has 1 aromatic carbocycles. The monoisotopic (exact) mass is 293 g/mol. The van der Waals surface area contributed by atoms with E-state index >= 15 is 0 Å². The lowest BCUT2D eigenvalue weighted by molar-refractivity contribution is 0.343. The van der Waals surface area contributed by atoms with Crippen LogP contribution in [0.15, 0.2) is 29.2 Å². The zero-order valence-electron chi connectivity index (χ0n) is 11.8. The van der Waals surface area contributed by atoms with E-state index in [2.05, 4.69) is 11.4 Å². The highest BCUT2D eigenvalue weighted by atomic mass is 32.2. The molecule has 1 unspecified atom stereocenters. The Bertz CT molecular complexity index is 634. The zero-order valence-corrected chi connectivity index (χ0v) is 12.6. The first-order valence-corrected chi connectivity index (χ1v) is 8.20. The number of sulfone groups is 1. The van der Waals surface area contributed by atoms with Crippen LogP contribution >= 0.6 is 0 Å². The fourth-order valence-electron chi connectivity index (χ4n) is 2.45. The number of benzene rings is 1. The quantitative estimate of drug-likeness (QED) is 0.886. The highest BCUT2D eigenvalue weighted by molar-refractivity contribution is 7.91. The Balaban J connectivity index is 2.38. The van der Waals surface area contributed by atoms with Gasteiger partial charge in [-0.1, -0.05) is 18.2 Å². The lowest BCUT2D eigenvalue weighted by atomic mass is 9.88. The number of likely N-dealkylation sites (N-methyl/N-ethyl adjacent to an activating group) is 1. The molecular weight excluding hydrogens is 274 g/mol. The number of hydrogen-bond acceptors (Lipinski definition) is 5. The van der Waals surface area contributed by atoms with Gasteiger partial charge in [0.25, 0.3) is 0 Å². The lowest BCUT2D eigenvalue weighted by Crippen LogP contribution is -2.48. The van der Waals surface area contributed by atoms with Crippen molar-refractivity contribution < 1.29 is 8.42 Å². The van der Waals surface area contributed by atoms with Gasteiger partial charge in [0.2, 0.25) is 0 Å². The predicted octanol–water partition coefficient (Wildman–Crippen LogP) is 0.734. The lowest BCUT2D eigenvalue weighted by Gasteiger charge is -2.34. The standard InChI is InChI=1S/C14H19N3O2S/c1-17(2)9-8-16-14(11-15)7-10-20(18,19)13-6-4-3-5-12(13)14/h3-6,16H,7-10H2,1-2H3. The number of hydrogen-bond donors (Lipinski definition) is 1. The van der Waals surface area contributed by atoms with Crippen molar-refractivity contribution in [3.05, 3.63) is 29.8 Å². The van der Waals surface area contributed by atoms with E-state index in [1.165, 1.54) is 0 Å². The summed E-state index contributed by atoms with van der Waals surface area (Å²) in [7, 11) is 0.651. The van der Waals surface area contributed by atoms with E-state index in [4.69, 9.17) is 0 Å². The minimum Gasteiger partial charge on any atom is -0.308 e. The molecule has 1 aliphatic rings. The van der Waals surface area contributed by atoms with E-state index in [1.54, 1.807) is 24.3 Å². The van der Waals surface area contributed by atoms with Crippen molar-refractivity contribution in [1.82, 2.24) is 10.2 Å². The fourth-order valence-corrected chi connectivity index (χ4v) is 4.11. The maximum atomic E-state index is 12.1. The van der Waals surface area contributed by atoms with Gasteiger partial charge >= 0.3 is 0 Å². The molecule has 0 bridgehead atoms. The first-order valence-electron chi connectivity index (χ1n) is 6.54. The second kappa shape index (κ2) is 5.52. The normalized spacial score (nSPS) is 24.1. The molecule has 6 heteroatoms. The first-order chi connectivity index (χ1) is 9.41. The molecule has 0 spiro atoms. The van der Waals surface area contributed by atoms with Crippen molar-refractivity contribution in [3.8, 4) is 6.07 Å². The van der Waals surface area contributed by atoms with Gasteiger partial charge in [-0.3, -0.25) is 5.32 Å². The van der Waals surface area contributed by atoms with Gasteiger partial charge in [-0.05, 0) is 26.6 Å². The van der Waals surface area contributed by atoms with Gasteiger partial charge in [0.05, 0.1) is 16.7 Å². The number of rotatable bonds is 4. The highest BCUT2D eigenvalue weighted by Crippen LogP contribution is 2.36. The van der Waals surface area contributed by atoms with E-state index in [1.807, 2.05) is 19.0 Å². The molecule has 0 amide bonds. The van der Waals surface area contributed by atoms with Gasteiger partial charge in [0, 0.05) is 18.7 Å². The molecule has 1 aromatic rings. The second-order valence-electron chi connectivity index (χ2n) is 5.31. The zero-order chi connectivity index (χ0) is 14.8. The maximum Gasteiger partial charge on any atom is 0.178 e. The van der Waals surface area contributed by atoms with Crippen LogP contribution in [0.3, 0.4) is 0 Å². The van der Waals surface area contributed by atoms with E-state index in [-0.39, 0.29) is 17.1 Å². The van der Waals surface area contributed by atoms with Crippen LogP contribution in [0.5, 0.6) is 0 Å². The van der Waals surface area contributed by atoms with Gasteiger partial charge < -0.3 is 4.90 Å². The third-order valence-electron chi connectivity index (χ3n) is 3.60. The van der Waals surface area contributed by atoms with Crippen molar-refractivity contribution >= 4 is 9.84 Å². The van der Waals surface area contributed by atoms with Crippen LogP contribution < -0.4 is 5.32 Å². The Morgan fingerprint density at radius 1 is 1.40 bits per heavy atom. The molecule has 0 fully saturated rings. The number of nitriles is 1. The second-order valence-corrected chi connectivity index (χ2v) is 7.39. The molecule has 108 valence electrons. The summed E-state index contributed by atoms with van der Waals surface area (Å²) >= 11 is 0. The summed E-state index contributed by atoms with van der Waals surface area (Å²) in [5.41, 5.74) is -0.328. The highest BCUT2D eigenvalue weighted by Gasteiger charge is 2.41. The molecule has 2 rings (SSSR count). The molecule has 1 N–H and O–H groups in total. The van der Waals surface area contributed by atoms with Crippen LogP contribution in [-0.2, 0) is 15.4 Å². The Morgan fingerprint density at radius 3 is 2.75 bits per heavy atom. The molecular formula is C14H19N3O2S. The van der Waals surface area contributed by atoms with Crippen molar-refractivity contribution in [2.75, 3.05) is 32.9 Å². The summed E-state index contributed by atoms with van der Waals surface area (Å²) in [6.45, 7) is 1.42. The summed E-state index contributed by atoms with van der Waals surface area (Å²) in [6.07, 6.45) is 0.288. The topological polar surface area (TPSA) is 73.2 Å². The summed E-state index contributed by atoms with van der Waals surface area (Å²) in [5.74, 6) is 0.00649. The largest absolute Gasteiger partial charge is 0.308 e. The smallest absolute Gasteiger partial charge is 0.178 e. The predicted molar refractivity (Wildman–Crippen MR) is 77.0 cm³/mol. The third-order valence-corrected chi connectivity index (χ3v) is 5.37. The molecule has 1 atom stereocenters. The van der Waals surface area contributed by atoms with Crippen molar-refractivity contribution in [2.24, 2.45) is 0 Å². The summed E-state index contributed by atoms with van der Waals surface area (Å²) in [6, 6.07) is 9.09. The van der Waals surface area contributed by atoms with E-state index < -0.39 is 15.4 Å². The molecule has 1 aliphatic heterocycles. The van der Waals surface area contributed by atoms with Gasteiger partial charge in [-0.25, -0.2) is 8.42 Å². The third kappa shape index (κ3) is 2.70. The van der Waals surface area contributed by atoms with Crippen molar-refractivity contribution in [1.29, 1.82) is 5.26 Å². The van der Waals surface area contributed by atoms with E-state index in [0.29, 0.717) is 12.1 Å². The molecule has 0 saturated heterocycles. The molecule has 5 nitrogen and oxygen atoms in total. The maximum absolute atomic E-state index is 12.1. The average Bonchev–Trinajstić information content (AvgIpc) is 2.42. The fraction of sp³-hybridized carbons (Fsp3) is 0.500. The van der Waals surface area contributed by atoms with E-state index in [9.17, 15) is 13.7 Å². The Kier molecular flexibility index (Phi) is 4.14. The molecule has 0 aliphatic carbocycles. The molecule has 0 saturated carbocycles. The molecule has 0 radical (unpaired) electrons. The van der Waals surface area contributed by atoms with Gasteiger partial charge in [-0.2, -0.15) is 5.26 Å². The van der Waals surface area contributed by atoms with Gasteiger partial charge in [-0.15, -0.1) is 0 Å². The van der Waals surface area contributed by atoms with Crippen LogP contribution in [0.25, 0.3) is 0 Å². The van der Waals surface area contributed by atoms with Crippen LogP contribution in [0.4, 0.5) is 0 Å².